The topological polar surface area (TPSA) is 0 Å². The number of benzene rings is 11. The van der Waals surface area contributed by atoms with Crippen LogP contribution in [0.25, 0.3) is 93.9 Å². The zero-order valence-corrected chi connectivity index (χ0v) is 37.4. The molecule has 0 spiro atoms. The van der Waals surface area contributed by atoms with Gasteiger partial charge in [0, 0.05) is 0 Å². The molecule has 0 saturated carbocycles. The van der Waals surface area contributed by atoms with Gasteiger partial charge in [0.15, 0.2) is 0 Å². The predicted molar refractivity (Wildman–Crippen MR) is 289 cm³/mol. The summed E-state index contributed by atoms with van der Waals surface area (Å²) in [6.45, 7) is 0. The lowest BCUT2D eigenvalue weighted by Gasteiger charge is -2.21. The van der Waals surface area contributed by atoms with Crippen LogP contribution >= 0.6 is 0 Å². The molecule has 0 heterocycles. The van der Waals surface area contributed by atoms with Crippen molar-refractivity contribution in [2.75, 3.05) is 0 Å². The summed E-state index contributed by atoms with van der Waals surface area (Å²) in [5.41, 5.74) is 24.5. The molecular formula is C68H44. The summed E-state index contributed by atoms with van der Waals surface area (Å²) in [5.74, 6) is 0. The van der Waals surface area contributed by atoms with Gasteiger partial charge in [-0.15, -0.1) is 0 Å². The average molecular weight is 861 g/mol. The highest BCUT2D eigenvalue weighted by Crippen LogP contribution is 2.63. The van der Waals surface area contributed by atoms with Crippen molar-refractivity contribution in [3.05, 3.63) is 306 Å². The lowest BCUT2D eigenvalue weighted by molar-refractivity contribution is 1.51. The first-order chi connectivity index (χ1) is 33.8. The van der Waals surface area contributed by atoms with E-state index >= 15 is 0 Å². The molecule has 0 aromatic heterocycles. The molecule has 68 heavy (non-hydrogen) atoms. The van der Waals surface area contributed by atoms with Gasteiger partial charge in [0.05, 0.1) is 0 Å². The van der Waals surface area contributed by atoms with E-state index in [1.165, 1.54) is 133 Å². The smallest absolute Gasteiger partial charge is 0.000115 e. The van der Waals surface area contributed by atoms with E-state index in [1.807, 2.05) is 0 Å². The Labute approximate surface area is 397 Å². The molecule has 0 aliphatic heterocycles. The maximum Gasteiger partial charge on any atom is -0.000115 e. The van der Waals surface area contributed by atoms with E-state index in [4.69, 9.17) is 0 Å². The van der Waals surface area contributed by atoms with Gasteiger partial charge in [-0.3, -0.25) is 0 Å². The predicted octanol–water partition coefficient (Wildman–Crippen LogP) is 18.0. The van der Waals surface area contributed by atoms with Crippen LogP contribution in [-0.4, -0.2) is 0 Å². The van der Waals surface area contributed by atoms with E-state index in [0.717, 1.165) is 0 Å². The van der Waals surface area contributed by atoms with Gasteiger partial charge in [0.2, 0.25) is 0 Å². The Balaban J connectivity index is 1.23. The Hall–Kier alpha value is -8.84. The molecule has 0 N–H and O–H groups in total. The van der Waals surface area contributed by atoms with Crippen LogP contribution in [0.3, 0.4) is 0 Å². The lowest BCUT2D eigenvalue weighted by atomic mass is 9.81. The minimum atomic E-state index is 1.19. The third-order valence-electron chi connectivity index (χ3n) is 14.0. The van der Waals surface area contributed by atoms with Crippen LogP contribution in [0.5, 0.6) is 0 Å². The van der Waals surface area contributed by atoms with Crippen molar-refractivity contribution in [2.24, 2.45) is 0 Å². The quantitative estimate of drug-likeness (QED) is 0.143. The van der Waals surface area contributed by atoms with Crippen LogP contribution in [0.2, 0.25) is 0 Å². The number of hydrogen-bond donors (Lipinski definition) is 0. The van der Waals surface area contributed by atoms with Crippen molar-refractivity contribution in [1.82, 2.24) is 0 Å². The highest BCUT2D eigenvalue weighted by atomic mass is 14.4. The second kappa shape index (κ2) is 16.5. The highest BCUT2D eigenvalue weighted by molar-refractivity contribution is 6.40. The molecule has 0 bridgehead atoms. The van der Waals surface area contributed by atoms with E-state index in [1.54, 1.807) is 0 Å². The number of fused-ring (bicyclic) bond motifs is 5. The first kappa shape index (κ1) is 39.5. The zero-order valence-electron chi connectivity index (χ0n) is 37.4. The van der Waals surface area contributed by atoms with Gasteiger partial charge in [-0.05, 0) is 151 Å². The molecule has 11 aromatic rings. The second-order valence-corrected chi connectivity index (χ2v) is 17.8. The zero-order chi connectivity index (χ0) is 45.0. The highest BCUT2D eigenvalue weighted by Gasteiger charge is 2.41. The van der Waals surface area contributed by atoms with Gasteiger partial charge in [0.25, 0.3) is 0 Å². The average Bonchev–Trinajstić information content (AvgIpc) is 3.93. The minimum absolute atomic E-state index is 1.19. The summed E-state index contributed by atoms with van der Waals surface area (Å²) in [4.78, 5) is 0. The van der Waals surface area contributed by atoms with Crippen LogP contribution in [0.4, 0.5) is 0 Å². The van der Waals surface area contributed by atoms with Crippen molar-refractivity contribution >= 4 is 49.4 Å². The number of rotatable bonds is 8. The number of hydrogen-bond acceptors (Lipinski definition) is 0. The van der Waals surface area contributed by atoms with E-state index in [9.17, 15) is 0 Å². The van der Waals surface area contributed by atoms with Crippen LogP contribution in [-0.2, 0) is 0 Å². The van der Waals surface area contributed by atoms with Crippen LogP contribution < -0.4 is 0 Å². The van der Waals surface area contributed by atoms with Crippen molar-refractivity contribution < 1.29 is 0 Å². The summed E-state index contributed by atoms with van der Waals surface area (Å²) in [7, 11) is 0. The Kier molecular flexibility index (Phi) is 9.62. The SMILES string of the molecule is c1ccc(C2=C3C(=C(c4ccccc4)c4cc(-c5ccccc5)c(-c5ccccc5)cc43)C(c3ccc4ccccc4c3-c3ccccc3)=C2c2ccc3cccc(-c4ccccc4)c3c2)cc1. The van der Waals surface area contributed by atoms with Gasteiger partial charge in [0.1, 0.15) is 0 Å². The maximum atomic E-state index is 2.51. The Morgan fingerprint density at radius 3 is 1.16 bits per heavy atom. The normalized spacial score (nSPS) is 13.1. The molecule has 0 radical (unpaired) electrons. The van der Waals surface area contributed by atoms with Gasteiger partial charge in [-0.25, -0.2) is 0 Å². The fraction of sp³-hybridized carbons (Fsp3) is 0. The summed E-state index contributed by atoms with van der Waals surface area (Å²) in [6, 6.07) is 98.6. The molecule has 0 saturated heterocycles. The summed E-state index contributed by atoms with van der Waals surface area (Å²) >= 11 is 0. The van der Waals surface area contributed by atoms with E-state index in [0.29, 0.717) is 0 Å². The maximum absolute atomic E-state index is 2.51. The van der Waals surface area contributed by atoms with Crippen LogP contribution in [0.15, 0.2) is 272 Å². The van der Waals surface area contributed by atoms with E-state index in [-0.39, 0.29) is 0 Å². The second-order valence-electron chi connectivity index (χ2n) is 17.8. The van der Waals surface area contributed by atoms with Gasteiger partial charge in [-0.1, -0.05) is 249 Å². The molecule has 0 fully saturated rings. The summed E-state index contributed by atoms with van der Waals surface area (Å²) in [5, 5.41) is 4.90. The van der Waals surface area contributed by atoms with E-state index < -0.39 is 0 Å². The molecule has 0 atom stereocenters. The van der Waals surface area contributed by atoms with Gasteiger partial charge >= 0.3 is 0 Å². The third-order valence-corrected chi connectivity index (χ3v) is 14.0. The molecule has 2 aliphatic rings. The Morgan fingerprint density at radius 2 is 0.574 bits per heavy atom. The molecule has 0 amide bonds. The fourth-order valence-electron chi connectivity index (χ4n) is 11.1. The standard InChI is InChI=1S/C68H44/c1-7-22-45(23-8-1)54-37-21-35-49-38-39-53(42-57(49)54)65-64(52-33-17-6-18-34-52)67-61-44-59(47-26-11-3-12-27-47)58(46-24-9-2-10-25-46)43-60(61)63(51-31-15-5-16-32-51)68(67)66(65)56-41-40-48-28-19-20-36-55(48)62(56)50-29-13-4-14-30-50/h1-44H. The van der Waals surface area contributed by atoms with Crippen molar-refractivity contribution in [3.63, 3.8) is 0 Å². The molecule has 13 rings (SSSR count). The van der Waals surface area contributed by atoms with Gasteiger partial charge in [-0.2, -0.15) is 0 Å². The van der Waals surface area contributed by atoms with Crippen LogP contribution in [0.1, 0.15) is 33.4 Å². The van der Waals surface area contributed by atoms with Gasteiger partial charge < -0.3 is 0 Å². The van der Waals surface area contributed by atoms with Crippen molar-refractivity contribution in [3.8, 4) is 44.5 Å². The first-order valence-electron chi connectivity index (χ1n) is 23.6. The molecule has 0 unspecified atom stereocenters. The fourth-order valence-corrected chi connectivity index (χ4v) is 11.1. The molecule has 0 heteroatoms. The minimum Gasteiger partial charge on any atom is -0.0622 e. The molecular weight excluding hydrogens is 817 g/mol. The third kappa shape index (κ3) is 6.53. The summed E-state index contributed by atoms with van der Waals surface area (Å²) < 4.78 is 0. The lowest BCUT2D eigenvalue weighted by Crippen LogP contribution is -1.99. The molecule has 0 nitrogen and oxygen atoms in total. The number of allylic oxidation sites excluding steroid dienone is 5. The summed E-state index contributed by atoms with van der Waals surface area (Å²) in [6.07, 6.45) is 0. The largest absolute Gasteiger partial charge is 0.0622 e. The van der Waals surface area contributed by atoms with Crippen molar-refractivity contribution in [1.29, 1.82) is 0 Å². The molecule has 2 aliphatic carbocycles. The van der Waals surface area contributed by atoms with Crippen molar-refractivity contribution in [2.45, 2.75) is 0 Å². The Bertz CT molecular complexity index is 3820. The molecule has 316 valence electrons. The Morgan fingerprint density at radius 1 is 0.162 bits per heavy atom. The van der Waals surface area contributed by atoms with Crippen LogP contribution in [0, 0.1) is 0 Å². The molecule has 11 aromatic carbocycles. The monoisotopic (exact) mass is 860 g/mol. The first-order valence-corrected chi connectivity index (χ1v) is 23.6. The van der Waals surface area contributed by atoms with E-state index in [2.05, 4.69) is 267 Å².